The Balaban J connectivity index is 1.91. The summed E-state index contributed by atoms with van der Waals surface area (Å²) in [5.74, 6) is 0.587. The van der Waals surface area contributed by atoms with Crippen molar-refractivity contribution >= 4 is 5.97 Å². The van der Waals surface area contributed by atoms with Crippen LogP contribution in [0.3, 0.4) is 0 Å². The van der Waals surface area contributed by atoms with E-state index in [1.165, 1.54) is 5.56 Å². The molecule has 0 saturated heterocycles. The first-order valence-electron chi connectivity index (χ1n) is 10.6. The van der Waals surface area contributed by atoms with Crippen molar-refractivity contribution in [3.05, 3.63) is 29.8 Å². The smallest absolute Gasteiger partial charge is 0.332 e. The zero-order valence-electron chi connectivity index (χ0n) is 18.8. The molecule has 1 rings (SSSR count). The van der Waals surface area contributed by atoms with Crippen molar-refractivity contribution in [1.82, 2.24) is 5.32 Å². The number of unbranched alkanes of at least 4 members (excludes halogenated alkanes) is 2. The molecule has 0 aromatic heterocycles. The Hall–Kier alpha value is -1.63. The van der Waals surface area contributed by atoms with Gasteiger partial charge in [0.2, 0.25) is 0 Å². The summed E-state index contributed by atoms with van der Waals surface area (Å²) in [4.78, 5) is 11.5. The summed E-state index contributed by atoms with van der Waals surface area (Å²) in [5.41, 5.74) is 0.789. The van der Waals surface area contributed by atoms with Crippen LogP contribution in [0, 0.1) is 0 Å². The van der Waals surface area contributed by atoms with E-state index in [1.807, 2.05) is 40.0 Å². The van der Waals surface area contributed by atoms with Gasteiger partial charge in [-0.3, -0.25) is 0 Å². The summed E-state index contributed by atoms with van der Waals surface area (Å²) in [5, 5.41) is 3.22. The average Bonchev–Trinajstić information content (AvgIpc) is 2.67. The second-order valence-electron chi connectivity index (χ2n) is 8.09. The maximum atomic E-state index is 11.5. The highest BCUT2D eigenvalue weighted by molar-refractivity contribution is 5.71. The van der Waals surface area contributed by atoms with Gasteiger partial charge in [-0.15, -0.1) is 0 Å². The number of hydrogen-bond donors (Lipinski definition) is 1. The maximum Gasteiger partial charge on any atom is 0.332 e. The Morgan fingerprint density at radius 1 is 0.931 bits per heavy atom. The van der Waals surface area contributed by atoms with Gasteiger partial charge in [-0.25, -0.2) is 4.79 Å². The predicted octanol–water partition coefficient (Wildman–Crippen LogP) is 4.28. The SMILES string of the molecule is CN[C@@H](C)c1ccc(OCCCCCOCCCOCC(=O)OC(C)(C)C)cc1. The van der Waals surface area contributed by atoms with E-state index in [9.17, 15) is 4.79 Å². The van der Waals surface area contributed by atoms with Crippen LogP contribution in [0.5, 0.6) is 5.75 Å². The molecule has 0 heterocycles. The van der Waals surface area contributed by atoms with Crippen LogP contribution in [-0.2, 0) is 19.0 Å². The molecule has 0 aliphatic rings. The number of nitrogens with one attached hydrogen (secondary N) is 1. The third kappa shape index (κ3) is 13.3. The largest absolute Gasteiger partial charge is 0.494 e. The minimum atomic E-state index is -0.468. The highest BCUT2D eigenvalue weighted by Crippen LogP contribution is 2.17. The van der Waals surface area contributed by atoms with Crippen LogP contribution in [-0.4, -0.2) is 51.7 Å². The minimum absolute atomic E-state index is 0.00544. The number of benzene rings is 1. The van der Waals surface area contributed by atoms with Crippen molar-refractivity contribution in [3.63, 3.8) is 0 Å². The zero-order chi connectivity index (χ0) is 21.5. The molecule has 0 saturated carbocycles. The molecule has 29 heavy (non-hydrogen) atoms. The summed E-state index contributed by atoms with van der Waals surface area (Å²) in [6.07, 6.45) is 3.87. The van der Waals surface area contributed by atoms with Crippen molar-refractivity contribution in [2.75, 3.05) is 40.1 Å². The maximum absolute atomic E-state index is 11.5. The van der Waals surface area contributed by atoms with E-state index < -0.39 is 5.60 Å². The number of carbonyl (C=O) groups excluding carboxylic acids is 1. The van der Waals surface area contributed by atoms with Crippen LogP contribution in [0.25, 0.3) is 0 Å². The third-order valence-electron chi connectivity index (χ3n) is 4.23. The van der Waals surface area contributed by atoms with Gasteiger partial charge in [0.25, 0.3) is 0 Å². The summed E-state index contributed by atoms with van der Waals surface area (Å²) >= 11 is 0. The summed E-state index contributed by atoms with van der Waals surface area (Å²) in [6.45, 7) is 10.3. The highest BCUT2D eigenvalue weighted by Gasteiger charge is 2.15. The van der Waals surface area contributed by atoms with E-state index in [1.54, 1.807) is 0 Å². The molecule has 0 bridgehead atoms. The molecule has 0 aliphatic carbocycles. The fourth-order valence-electron chi connectivity index (χ4n) is 2.58. The second kappa shape index (κ2) is 14.4. The van der Waals surface area contributed by atoms with Gasteiger partial charge >= 0.3 is 5.97 Å². The van der Waals surface area contributed by atoms with Gasteiger partial charge in [0.05, 0.1) is 6.61 Å². The zero-order valence-corrected chi connectivity index (χ0v) is 18.8. The Bertz CT molecular complexity index is 553. The molecule has 0 unspecified atom stereocenters. The molecule has 6 nitrogen and oxygen atoms in total. The van der Waals surface area contributed by atoms with Crippen LogP contribution in [0.4, 0.5) is 0 Å². The Morgan fingerprint density at radius 3 is 2.21 bits per heavy atom. The molecule has 1 atom stereocenters. The van der Waals surface area contributed by atoms with Gasteiger partial charge in [0, 0.05) is 25.9 Å². The van der Waals surface area contributed by atoms with Gasteiger partial charge < -0.3 is 24.3 Å². The molecule has 6 heteroatoms. The number of carbonyl (C=O) groups is 1. The lowest BCUT2D eigenvalue weighted by atomic mass is 10.1. The topological polar surface area (TPSA) is 66.0 Å². The molecule has 1 aromatic rings. The van der Waals surface area contributed by atoms with Crippen LogP contribution in [0.2, 0.25) is 0 Å². The van der Waals surface area contributed by atoms with E-state index >= 15 is 0 Å². The van der Waals surface area contributed by atoms with Gasteiger partial charge in [0.15, 0.2) is 0 Å². The first kappa shape index (κ1) is 25.4. The first-order valence-corrected chi connectivity index (χ1v) is 10.6. The molecule has 0 aliphatic heterocycles. The van der Waals surface area contributed by atoms with Crippen LogP contribution in [0.1, 0.15) is 65.0 Å². The quantitative estimate of drug-likeness (QED) is 0.344. The van der Waals surface area contributed by atoms with Crippen LogP contribution in [0.15, 0.2) is 24.3 Å². The van der Waals surface area contributed by atoms with Crippen molar-refractivity contribution in [1.29, 1.82) is 0 Å². The van der Waals surface area contributed by atoms with Crippen molar-refractivity contribution < 1.29 is 23.7 Å². The number of esters is 1. The normalized spacial score (nSPS) is 12.6. The second-order valence-corrected chi connectivity index (χ2v) is 8.09. The predicted molar refractivity (Wildman–Crippen MR) is 115 cm³/mol. The van der Waals surface area contributed by atoms with E-state index in [4.69, 9.17) is 18.9 Å². The minimum Gasteiger partial charge on any atom is -0.494 e. The fourth-order valence-corrected chi connectivity index (χ4v) is 2.58. The molecule has 0 spiro atoms. The molecule has 166 valence electrons. The highest BCUT2D eigenvalue weighted by atomic mass is 16.6. The standard InChI is InChI=1S/C23H39NO5/c1-19(24-5)20-10-12-21(13-11-20)28-17-8-6-7-14-26-15-9-16-27-18-22(25)29-23(2,3)4/h10-13,19,24H,6-9,14-18H2,1-5H3/t19-/m0/s1. The fraction of sp³-hybridized carbons (Fsp3) is 0.696. The summed E-state index contributed by atoms with van der Waals surface area (Å²) < 4.78 is 21.8. The van der Waals surface area contributed by atoms with Crippen LogP contribution < -0.4 is 10.1 Å². The van der Waals surface area contributed by atoms with Gasteiger partial charge in [-0.05, 0) is 78.1 Å². The lowest BCUT2D eigenvalue weighted by molar-refractivity contribution is -0.160. The molecule has 1 N–H and O–H groups in total. The molecule has 0 fully saturated rings. The third-order valence-corrected chi connectivity index (χ3v) is 4.23. The molecule has 1 aromatic carbocycles. The Labute approximate surface area is 176 Å². The average molecular weight is 410 g/mol. The number of rotatable bonds is 15. The lowest BCUT2D eigenvalue weighted by Crippen LogP contribution is -2.26. The molecular formula is C23H39NO5. The van der Waals surface area contributed by atoms with Gasteiger partial charge in [0.1, 0.15) is 18.0 Å². The Morgan fingerprint density at radius 2 is 1.55 bits per heavy atom. The van der Waals surface area contributed by atoms with E-state index in [2.05, 4.69) is 24.4 Å². The Kier molecular flexibility index (Phi) is 12.6. The van der Waals surface area contributed by atoms with Crippen LogP contribution >= 0.6 is 0 Å². The lowest BCUT2D eigenvalue weighted by Gasteiger charge is -2.19. The first-order chi connectivity index (χ1) is 13.8. The van der Waals surface area contributed by atoms with Gasteiger partial charge in [-0.2, -0.15) is 0 Å². The molecular weight excluding hydrogens is 370 g/mol. The summed E-state index contributed by atoms with van der Waals surface area (Å²) in [6, 6.07) is 8.60. The number of ether oxygens (including phenoxy) is 4. The van der Waals surface area contributed by atoms with E-state index in [-0.39, 0.29) is 12.6 Å². The van der Waals surface area contributed by atoms with Gasteiger partial charge in [-0.1, -0.05) is 12.1 Å². The number of hydrogen-bond acceptors (Lipinski definition) is 6. The molecule has 0 radical (unpaired) electrons. The summed E-state index contributed by atoms with van der Waals surface area (Å²) in [7, 11) is 1.96. The van der Waals surface area contributed by atoms with E-state index in [0.29, 0.717) is 19.3 Å². The monoisotopic (exact) mass is 409 g/mol. The van der Waals surface area contributed by atoms with Crippen molar-refractivity contribution in [2.45, 2.75) is 65.0 Å². The van der Waals surface area contributed by atoms with Crippen molar-refractivity contribution in [3.8, 4) is 5.75 Å². The van der Waals surface area contributed by atoms with Crippen molar-refractivity contribution in [2.24, 2.45) is 0 Å². The van der Waals surface area contributed by atoms with E-state index in [0.717, 1.165) is 44.6 Å². The molecule has 0 amide bonds.